The SMILES string of the molecule is Cn1cc2cc(-c3cc4cn(C5CNC5)nc4s3)cc(F)c2n1. The Hall–Kier alpha value is -2.25. The predicted molar refractivity (Wildman–Crippen MR) is 89.2 cm³/mol. The largest absolute Gasteiger partial charge is 0.312 e. The smallest absolute Gasteiger partial charge is 0.151 e. The van der Waals surface area contributed by atoms with Gasteiger partial charge in [0.15, 0.2) is 5.82 Å². The second-order valence-electron chi connectivity index (χ2n) is 5.99. The van der Waals surface area contributed by atoms with Crippen LogP contribution in [0.4, 0.5) is 4.39 Å². The summed E-state index contributed by atoms with van der Waals surface area (Å²) in [5.41, 5.74) is 1.29. The number of benzene rings is 1. The molecular weight excluding hydrogens is 313 g/mol. The summed E-state index contributed by atoms with van der Waals surface area (Å²) >= 11 is 1.60. The Bertz CT molecular complexity index is 1010. The molecule has 23 heavy (non-hydrogen) atoms. The molecule has 1 aromatic carbocycles. The number of rotatable bonds is 2. The van der Waals surface area contributed by atoms with Crippen LogP contribution in [0.15, 0.2) is 30.6 Å². The van der Waals surface area contributed by atoms with Gasteiger partial charge in [0, 0.05) is 48.2 Å². The highest BCUT2D eigenvalue weighted by atomic mass is 32.1. The normalized spacial score (nSPS) is 15.6. The molecule has 0 amide bonds. The van der Waals surface area contributed by atoms with E-state index in [2.05, 4.69) is 27.8 Å². The highest BCUT2D eigenvalue weighted by molar-refractivity contribution is 7.21. The molecule has 0 radical (unpaired) electrons. The van der Waals surface area contributed by atoms with Crippen LogP contribution in [0.1, 0.15) is 6.04 Å². The van der Waals surface area contributed by atoms with Crippen LogP contribution in [0.5, 0.6) is 0 Å². The number of thiophene rings is 1. The maximum Gasteiger partial charge on any atom is 0.151 e. The van der Waals surface area contributed by atoms with Gasteiger partial charge in [-0.25, -0.2) is 4.39 Å². The van der Waals surface area contributed by atoms with Crippen molar-refractivity contribution in [2.75, 3.05) is 13.1 Å². The first-order valence-electron chi connectivity index (χ1n) is 7.50. The van der Waals surface area contributed by atoms with Crippen LogP contribution in [-0.2, 0) is 7.05 Å². The maximum atomic E-state index is 14.3. The molecule has 0 unspecified atom stereocenters. The number of nitrogens with one attached hydrogen (secondary N) is 1. The molecule has 3 aromatic heterocycles. The Balaban J connectivity index is 1.60. The van der Waals surface area contributed by atoms with Crippen LogP contribution < -0.4 is 5.32 Å². The van der Waals surface area contributed by atoms with E-state index >= 15 is 0 Å². The van der Waals surface area contributed by atoms with Crippen molar-refractivity contribution < 1.29 is 4.39 Å². The highest BCUT2D eigenvalue weighted by Crippen LogP contribution is 2.35. The van der Waals surface area contributed by atoms with Crippen LogP contribution >= 0.6 is 11.3 Å². The van der Waals surface area contributed by atoms with Gasteiger partial charge in [-0.15, -0.1) is 11.3 Å². The first-order chi connectivity index (χ1) is 11.2. The van der Waals surface area contributed by atoms with Crippen molar-refractivity contribution in [3.8, 4) is 10.4 Å². The van der Waals surface area contributed by atoms with Gasteiger partial charge in [0.05, 0.1) is 6.04 Å². The van der Waals surface area contributed by atoms with Crippen LogP contribution in [0.25, 0.3) is 31.6 Å². The minimum atomic E-state index is -0.283. The van der Waals surface area contributed by atoms with Gasteiger partial charge in [-0.1, -0.05) is 0 Å². The molecule has 1 N–H and O–H groups in total. The molecule has 0 bridgehead atoms. The molecule has 7 heteroatoms. The number of nitrogens with zero attached hydrogens (tertiary/aromatic N) is 4. The van der Waals surface area contributed by atoms with Crippen LogP contribution in [0.3, 0.4) is 0 Å². The third-order valence-corrected chi connectivity index (χ3v) is 5.40. The van der Waals surface area contributed by atoms with E-state index in [1.165, 1.54) is 0 Å². The molecule has 0 saturated carbocycles. The molecule has 116 valence electrons. The van der Waals surface area contributed by atoms with E-state index in [1.54, 1.807) is 29.1 Å². The summed E-state index contributed by atoms with van der Waals surface area (Å²) in [7, 11) is 1.80. The standard InChI is InChI=1S/C16H14FN5S/c1-21-7-10-2-9(3-13(17)15(10)19-21)14-4-11-8-22(12-5-18-6-12)20-16(11)23-14/h2-4,7-8,12,18H,5-6H2,1H3. The predicted octanol–water partition coefficient (Wildman–Crippen LogP) is 2.93. The molecule has 5 nitrogen and oxygen atoms in total. The van der Waals surface area contributed by atoms with Crippen molar-refractivity contribution in [1.82, 2.24) is 24.9 Å². The Morgan fingerprint density at radius 2 is 2.04 bits per heavy atom. The molecule has 0 atom stereocenters. The van der Waals surface area contributed by atoms with E-state index < -0.39 is 0 Å². The van der Waals surface area contributed by atoms with Crippen molar-refractivity contribution in [2.45, 2.75) is 6.04 Å². The molecule has 4 aromatic rings. The van der Waals surface area contributed by atoms with Gasteiger partial charge >= 0.3 is 0 Å². The summed E-state index contributed by atoms with van der Waals surface area (Å²) in [4.78, 5) is 2.03. The average Bonchev–Trinajstić information content (AvgIpc) is 3.08. The summed E-state index contributed by atoms with van der Waals surface area (Å²) in [6, 6.07) is 6.10. The fraction of sp³-hybridized carbons (Fsp3) is 0.250. The summed E-state index contributed by atoms with van der Waals surface area (Å²) < 4.78 is 17.9. The monoisotopic (exact) mass is 327 g/mol. The van der Waals surface area contributed by atoms with Gasteiger partial charge in [-0.05, 0) is 23.8 Å². The fourth-order valence-electron chi connectivity index (χ4n) is 2.99. The van der Waals surface area contributed by atoms with Crippen molar-refractivity contribution in [3.05, 3.63) is 36.4 Å². The van der Waals surface area contributed by atoms with Crippen LogP contribution in [0, 0.1) is 5.82 Å². The van der Waals surface area contributed by atoms with Gasteiger partial charge in [-0.3, -0.25) is 9.36 Å². The Kier molecular flexibility index (Phi) is 2.66. The molecule has 4 heterocycles. The van der Waals surface area contributed by atoms with Crippen LogP contribution in [0.2, 0.25) is 0 Å². The molecular formula is C16H14FN5S. The molecule has 1 saturated heterocycles. The summed E-state index contributed by atoms with van der Waals surface area (Å²) in [5, 5.41) is 14.0. The second kappa shape index (κ2) is 4.62. The minimum absolute atomic E-state index is 0.283. The van der Waals surface area contributed by atoms with E-state index in [0.29, 0.717) is 11.6 Å². The second-order valence-corrected chi connectivity index (χ2v) is 7.02. The zero-order valence-electron chi connectivity index (χ0n) is 12.5. The maximum absolute atomic E-state index is 14.3. The third-order valence-electron chi connectivity index (χ3n) is 4.31. The highest BCUT2D eigenvalue weighted by Gasteiger charge is 2.21. The topological polar surface area (TPSA) is 47.7 Å². The number of aromatic nitrogens is 4. The van der Waals surface area contributed by atoms with Gasteiger partial charge < -0.3 is 5.32 Å². The lowest BCUT2D eigenvalue weighted by Crippen LogP contribution is -2.43. The van der Waals surface area contributed by atoms with Crippen molar-refractivity contribution in [3.63, 3.8) is 0 Å². The van der Waals surface area contributed by atoms with E-state index in [-0.39, 0.29) is 5.82 Å². The molecule has 1 aliphatic heterocycles. The molecule has 1 fully saturated rings. The van der Waals surface area contributed by atoms with Crippen molar-refractivity contribution in [1.29, 1.82) is 0 Å². The number of halogens is 1. The quantitative estimate of drug-likeness (QED) is 0.616. The molecule has 1 aliphatic rings. The molecule has 0 aliphatic carbocycles. The van der Waals surface area contributed by atoms with Crippen molar-refractivity contribution >= 4 is 32.5 Å². The average molecular weight is 327 g/mol. The zero-order valence-corrected chi connectivity index (χ0v) is 13.3. The first-order valence-corrected chi connectivity index (χ1v) is 8.32. The number of hydrogen-bond acceptors (Lipinski definition) is 4. The van der Waals surface area contributed by atoms with Crippen molar-refractivity contribution in [2.24, 2.45) is 7.05 Å². The lowest BCUT2D eigenvalue weighted by Gasteiger charge is -2.27. The number of fused-ring (bicyclic) bond motifs is 2. The lowest BCUT2D eigenvalue weighted by molar-refractivity contribution is 0.320. The van der Waals surface area contributed by atoms with Gasteiger partial charge in [0.1, 0.15) is 10.3 Å². The van der Waals surface area contributed by atoms with E-state index in [0.717, 1.165) is 39.1 Å². The Morgan fingerprint density at radius 1 is 1.17 bits per heavy atom. The third kappa shape index (κ3) is 2.00. The Labute approximate surface area is 135 Å². The lowest BCUT2D eigenvalue weighted by atomic mass is 10.1. The number of aryl methyl sites for hydroxylation is 1. The summed E-state index contributed by atoms with van der Waals surface area (Å²) in [6.45, 7) is 1.95. The summed E-state index contributed by atoms with van der Waals surface area (Å²) in [6.07, 6.45) is 3.92. The van der Waals surface area contributed by atoms with E-state index in [9.17, 15) is 4.39 Å². The Morgan fingerprint density at radius 3 is 2.78 bits per heavy atom. The minimum Gasteiger partial charge on any atom is -0.312 e. The number of hydrogen-bond donors (Lipinski definition) is 1. The van der Waals surface area contributed by atoms with E-state index in [1.807, 2.05) is 16.9 Å². The first kappa shape index (κ1) is 13.2. The molecule has 0 spiro atoms. The molecule has 5 rings (SSSR count). The van der Waals surface area contributed by atoms with Gasteiger partial charge in [0.25, 0.3) is 0 Å². The zero-order chi connectivity index (χ0) is 15.6. The fourth-order valence-corrected chi connectivity index (χ4v) is 3.98. The summed E-state index contributed by atoms with van der Waals surface area (Å²) in [5.74, 6) is -0.283. The van der Waals surface area contributed by atoms with Gasteiger partial charge in [0.2, 0.25) is 0 Å². The van der Waals surface area contributed by atoms with Crippen LogP contribution in [-0.4, -0.2) is 32.7 Å². The van der Waals surface area contributed by atoms with Gasteiger partial charge in [-0.2, -0.15) is 10.2 Å². The van der Waals surface area contributed by atoms with E-state index in [4.69, 9.17) is 0 Å².